The summed E-state index contributed by atoms with van der Waals surface area (Å²) in [7, 11) is 0. The van der Waals surface area contributed by atoms with Crippen molar-refractivity contribution in [2.24, 2.45) is 11.7 Å². The Morgan fingerprint density at radius 1 is 1.39 bits per heavy atom. The quantitative estimate of drug-likeness (QED) is 0.866. The van der Waals surface area contributed by atoms with Crippen molar-refractivity contribution in [3.05, 3.63) is 30.1 Å². The normalized spacial score (nSPS) is 11.1. The summed E-state index contributed by atoms with van der Waals surface area (Å²) in [6.07, 6.45) is 2.48. The van der Waals surface area contributed by atoms with Crippen LogP contribution in [-0.4, -0.2) is 23.5 Å². The van der Waals surface area contributed by atoms with Gasteiger partial charge < -0.3 is 11.1 Å². The number of pyridine rings is 1. The summed E-state index contributed by atoms with van der Waals surface area (Å²) in [5.41, 5.74) is 6.68. The summed E-state index contributed by atoms with van der Waals surface area (Å²) in [4.78, 5) is 15.7. The van der Waals surface area contributed by atoms with Gasteiger partial charge in [-0.3, -0.25) is 9.78 Å². The molecule has 0 aliphatic carbocycles. The van der Waals surface area contributed by atoms with E-state index in [2.05, 4.69) is 10.3 Å². The lowest BCUT2D eigenvalue weighted by atomic mass is 10.1. The van der Waals surface area contributed by atoms with Gasteiger partial charge in [-0.25, -0.2) is 0 Å². The van der Waals surface area contributed by atoms with Gasteiger partial charge in [-0.15, -0.1) is 24.8 Å². The average Bonchev–Trinajstić information content (AvgIpc) is 2.29. The van der Waals surface area contributed by atoms with Crippen LogP contribution in [0.2, 0.25) is 0 Å². The first-order chi connectivity index (χ1) is 7.61. The number of hydrogen-bond donors (Lipinski definition) is 2. The molecule has 1 aromatic heterocycles. The first-order valence-electron chi connectivity index (χ1n) is 5.54. The highest BCUT2D eigenvalue weighted by Crippen LogP contribution is 1.98. The molecule has 4 nitrogen and oxygen atoms in total. The van der Waals surface area contributed by atoms with Crippen LogP contribution in [0.5, 0.6) is 0 Å². The molecule has 1 rings (SSSR count). The molecule has 1 unspecified atom stereocenters. The van der Waals surface area contributed by atoms with E-state index in [1.165, 1.54) is 0 Å². The Morgan fingerprint density at radius 3 is 2.56 bits per heavy atom. The molecule has 3 N–H and O–H groups in total. The fourth-order valence-corrected chi connectivity index (χ4v) is 1.28. The Labute approximate surface area is 121 Å². The number of amides is 1. The number of carbonyl (C=O) groups is 1. The predicted octanol–water partition coefficient (Wildman–Crippen LogP) is 1.57. The van der Waals surface area contributed by atoms with Crippen molar-refractivity contribution in [2.45, 2.75) is 26.3 Å². The second-order valence-electron chi connectivity index (χ2n) is 4.13. The van der Waals surface area contributed by atoms with Gasteiger partial charge in [0.2, 0.25) is 5.91 Å². The molecule has 18 heavy (non-hydrogen) atoms. The zero-order chi connectivity index (χ0) is 12.0. The van der Waals surface area contributed by atoms with Gasteiger partial charge in [0, 0.05) is 24.9 Å². The minimum Gasteiger partial charge on any atom is -0.354 e. The molecule has 0 aliphatic heterocycles. The molecule has 0 saturated carbocycles. The summed E-state index contributed by atoms with van der Waals surface area (Å²) in [6.45, 7) is 4.45. The molecule has 0 spiro atoms. The zero-order valence-corrected chi connectivity index (χ0v) is 12.3. The number of aromatic nitrogens is 1. The maximum atomic E-state index is 11.5. The van der Waals surface area contributed by atoms with E-state index in [9.17, 15) is 4.79 Å². The van der Waals surface area contributed by atoms with Crippen LogP contribution in [0.25, 0.3) is 0 Å². The summed E-state index contributed by atoms with van der Waals surface area (Å²) in [6, 6.07) is 5.32. The maximum Gasteiger partial charge on any atom is 0.237 e. The SMILES string of the molecule is CC(C)C(N)C(=O)NCCc1ccccn1.Cl.Cl. The van der Waals surface area contributed by atoms with Crippen LogP contribution in [-0.2, 0) is 11.2 Å². The van der Waals surface area contributed by atoms with Gasteiger partial charge >= 0.3 is 0 Å². The van der Waals surface area contributed by atoms with E-state index in [0.29, 0.717) is 6.54 Å². The van der Waals surface area contributed by atoms with E-state index in [-0.39, 0.29) is 36.6 Å². The number of carbonyl (C=O) groups excluding carboxylic acids is 1. The van der Waals surface area contributed by atoms with Gasteiger partial charge in [-0.2, -0.15) is 0 Å². The van der Waals surface area contributed by atoms with Crippen LogP contribution in [0.3, 0.4) is 0 Å². The van der Waals surface area contributed by atoms with Crippen LogP contribution in [0, 0.1) is 5.92 Å². The molecule has 0 aliphatic rings. The molecule has 0 radical (unpaired) electrons. The zero-order valence-electron chi connectivity index (χ0n) is 10.6. The topological polar surface area (TPSA) is 68.0 Å². The second kappa shape index (κ2) is 10.1. The molecule has 0 fully saturated rings. The van der Waals surface area contributed by atoms with Crippen molar-refractivity contribution in [3.8, 4) is 0 Å². The van der Waals surface area contributed by atoms with E-state index in [4.69, 9.17) is 5.73 Å². The molecule has 1 aromatic rings. The lowest BCUT2D eigenvalue weighted by molar-refractivity contribution is -0.123. The maximum absolute atomic E-state index is 11.5. The summed E-state index contributed by atoms with van der Waals surface area (Å²) >= 11 is 0. The van der Waals surface area contributed by atoms with Gasteiger partial charge in [0.05, 0.1) is 6.04 Å². The smallest absolute Gasteiger partial charge is 0.237 e. The highest BCUT2D eigenvalue weighted by atomic mass is 35.5. The van der Waals surface area contributed by atoms with Crippen LogP contribution in [0.15, 0.2) is 24.4 Å². The second-order valence-corrected chi connectivity index (χ2v) is 4.13. The molecular formula is C12H21Cl2N3O. The Bertz CT molecular complexity index is 333. The van der Waals surface area contributed by atoms with Crippen LogP contribution >= 0.6 is 24.8 Å². The number of nitrogens with two attached hydrogens (primary N) is 1. The number of rotatable bonds is 5. The van der Waals surface area contributed by atoms with Gasteiger partial charge in [-0.1, -0.05) is 19.9 Å². The van der Waals surface area contributed by atoms with Crippen molar-refractivity contribution in [3.63, 3.8) is 0 Å². The Morgan fingerprint density at radius 2 is 2.06 bits per heavy atom. The fourth-order valence-electron chi connectivity index (χ4n) is 1.28. The predicted molar refractivity (Wildman–Crippen MR) is 78.3 cm³/mol. The third-order valence-electron chi connectivity index (χ3n) is 2.43. The van der Waals surface area contributed by atoms with Crippen molar-refractivity contribution in [2.75, 3.05) is 6.54 Å². The molecule has 1 atom stereocenters. The first-order valence-corrected chi connectivity index (χ1v) is 5.54. The van der Waals surface area contributed by atoms with E-state index < -0.39 is 6.04 Å². The van der Waals surface area contributed by atoms with Crippen LogP contribution in [0.4, 0.5) is 0 Å². The Balaban J connectivity index is 0. The van der Waals surface area contributed by atoms with E-state index in [1.54, 1.807) is 6.20 Å². The highest BCUT2D eigenvalue weighted by molar-refractivity contribution is 5.85. The van der Waals surface area contributed by atoms with Gasteiger partial charge in [0.25, 0.3) is 0 Å². The Hall–Kier alpha value is -0.840. The minimum absolute atomic E-state index is 0. The van der Waals surface area contributed by atoms with Crippen molar-refractivity contribution in [1.82, 2.24) is 10.3 Å². The summed E-state index contributed by atoms with van der Waals surface area (Å²) < 4.78 is 0. The molecule has 0 saturated heterocycles. The molecular weight excluding hydrogens is 273 g/mol. The van der Waals surface area contributed by atoms with E-state index in [0.717, 1.165) is 12.1 Å². The van der Waals surface area contributed by atoms with Crippen LogP contribution < -0.4 is 11.1 Å². The van der Waals surface area contributed by atoms with Crippen molar-refractivity contribution in [1.29, 1.82) is 0 Å². The molecule has 0 bridgehead atoms. The largest absolute Gasteiger partial charge is 0.354 e. The third kappa shape index (κ3) is 6.79. The molecule has 6 heteroatoms. The van der Waals surface area contributed by atoms with Gasteiger partial charge in [0.1, 0.15) is 0 Å². The van der Waals surface area contributed by atoms with Crippen LogP contribution in [0.1, 0.15) is 19.5 Å². The van der Waals surface area contributed by atoms with Gasteiger partial charge in [-0.05, 0) is 18.1 Å². The first kappa shape index (κ1) is 19.5. The van der Waals surface area contributed by atoms with Crippen molar-refractivity contribution >= 4 is 30.7 Å². The standard InChI is InChI=1S/C12H19N3O.2ClH/c1-9(2)11(13)12(16)15-8-6-10-5-3-4-7-14-10;;/h3-5,7,9,11H,6,8,13H2,1-2H3,(H,15,16);2*1H. The number of halogens is 2. The Kier molecular flexibility index (Phi) is 11.0. The summed E-state index contributed by atoms with van der Waals surface area (Å²) in [5.74, 6) is 0.0702. The highest BCUT2D eigenvalue weighted by Gasteiger charge is 2.16. The minimum atomic E-state index is -0.427. The summed E-state index contributed by atoms with van der Waals surface area (Å²) in [5, 5.41) is 2.81. The monoisotopic (exact) mass is 293 g/mol. The third-order valence-corrected chi connectivity index (χ3v) is 2.43. The molecule has 1 heterocycles. The lowest BCUT2D eigenvalue weighted by Gasteiger charge is -2.14. The molecule has 104 valence electrons. The fraction of sp³-hybridized carbons (Fsp3) is 0.500. The van der Waals surface area contributed by atoms with Crippen molar-refractivity contribution < 1.29 is 4.79 Å². The lowest BCUT2D eigenvalue weighted by Crippen LogP contribution is -2.44. The average molecular weight is 294 g/mol. The van der Waals surface area contributed by atoms with E-state index >= 15 is 0 Å². The molecule has 0 aromatic carbocycles. The number of nitrogens with zero attached hydrogens (tertiary/aromatic N) is 1. The molecule has 1 amide bonds. The van der Waals surface area contributed by atoms with E-state index in [1.807, 2.05) is 32.0 Å². The van der Waals surface area contributed by atoms with Gasteiger partial charge in [0.15, 0.2) is 0 Å². The number of nitrogens with one attached hydrogen (secondary N) is 1. The number of hydrogen-bond acceptors (Lipinski definition) is 3.